The van der Waals surface area contributed by atoms with Gasteiger partial charge in [-0.3, -0.25) is 14.4 Å². The van der Waals surface area contributed by atoms with Gasteiger partial charge in [-0.05, 0) is 50.5 Å². The highest BCUT2D eigenvalue weighted by atomic mass is 32.2. The molecule has 1 aliphatic heterocycles. The van der Waals surface area contributed by atoms with E-state index in [4.69, 9.17) is 0 Å². The molecule has 1 aliphatic rings. The molecular weight excluding hydrogens is 454 g/mol. The fourth-order valence-electron chi connectivity index (χ4n) is 3.81. The molecular formula is C25H31N3O5S. The molecule has 0 saturated carbocycles. The van der Waals surface area contributed by atoms with E-state index in [1.54, 1.807) is 19.1 Å². The third-order valence-electron chi connectivity index (χ3n) is 6.21. The van der Waals surface area contributed by atoms with Gasteiger partial charge in [-0.15, -0.1) is 0 Å². The number of hydrogen-bond acceptors (Lipinski definition) is 5. The van der Waals surface area contributed by atoms with E-state index in [-0.39, 0.29) is 41.9 Å². The van der Waals surface area contributed by atoms with Crippen LogP contribution in [0.5, 0.6) is 0 Å². The van der Waals surface area contributed by atoms with Crippen LogP contribution in [0.3, 0.4) is 0 Å². The molecule has 0 saturated heterocycles. The molecule has 2 atom stereocenters. The van der Waals surface area contributed by atoms with E-state index < -0.39 is 27.9 Å². The lowest BCUT2D eigenvalue weighted by Crippen LogP contribution is -2.50. The predicted molar refractivity (Wildman–Crippen MR) is 128 cm³/mol. The zero-order valence-corrected chi connectivity index (χ0v) is 20.8. The molecule has 182 valence electrons. The van der Waals surface area contributed by atoms with E-state index >= 15 is 0 Å². The molecule has 0 bridgehead atoms. The van der Waals surface area contributed by atoms with E-state index in [2.05, 4.69) is 5.32 Å². The summed E-state index contributed by atoms with van der Waals surface area (Å²) in [5.41, 5.74) is 1.96. The monoisotopic (exact) mass is 485 g/mol. The van der Waals surface area contributed by atoms with Gasteiger partial charge < -0.3 is 10.2 Å². The molecule has 3 rings (SSSR count). The smallest absolute Gasteiger partial charge is 0.269 e. The van der Waals surface area contributed by atoms with Crippen LogP contribution in [0.15, 0.2) is 53.4 Å². The molecule has 0 spiro atoms. The van der Waals surface area contributed by atoms with E-state index in [0.29, 0.717) is 0 Å². The Morgan fingerprint density at radius 2 is 1.71 bits per heavy atom. The van der Waals surface area contributed by atoms with E-state index in [0.717, 1.165) is 21.9 Å². The largest absolute Gasteiger partial charge is 0.352 e. The quantitative estimate of drug-likeness (QED) is 0.588. The number of fused-ring (bicyclic) bond motifs is 1. The van der Waals surface area contributed by atoms with Crippen LogP contribution in [0.2, 0.25) is 0 Å². The lowest BCUT2D eigenvalue weighted by molar-refractivity contribution is -0.140. The van der Waals surface area contributed by atoms with Gasteiger partial charge >= 0.3 is 0 Å². The van der Waals surface area contributed by atoms with Crippen molar-refractivity contribution in [3.05, 3.63) is 65.2 Å². The van der Waals surface area contributed by atoms with E-state index in [9.17, 15) is 22.8 Å². The zero-order valence-electron chi connectivity index (χ0n) is 19.9. The molecule has 2 aromatic rings. The van der Waals surface area contributed by atoms with Gasteiger partial charge in [-0.2, -0.15) is 0 Å². The highest BCUT2D eigenvalue weighted by Crippen LogP contribution is 2.30. The highest BCUT2D eigenvalue weighted by Gasteiger charge is 2.41. The number of sulfonamides is 1. The molecule has 2 aromatic carbocycles. The number of nitrogens with zero attached hydrogens (tertiary/aromatic N) is 2. The van der Waals surface area contributed by atoms with Crippen molar-refractivity contribution >= 4 is 27.7 Å². The first kappa shape index (κ1) is 25.4. The summed E-state index contributed by atoms with van der Waals surface area (Å²) in [5, 5.41) is 2.90. The van der Waals surface area contributed by atoms with Crippen molar-refractivity contribution in [1.29, 1.82) is 0 Å². The Hall–Kier alpha value is -3.20. The van der Waals surface area contributed by atoms with Crippen LogP contribution in [0.1, 0.15) is 55.1 Å². The second-order valence-electron chi connectivity index (χ2n) is 8.57. The van der Waals surface area contributed by atoms with Crippen LogP contribution in [0.25, 0.3) is 0 Å². The van der Waals surface area contributed by atoms with Crippen molar-refractivity contribution in [2.24, 2.45) is 0 Å². The molecule has 0 aliphatic carbocycles. The fourth-order valence-corrected chi connectivity index (χ4v) is 5.38. The number of amides is 3. The number of aryl methyl sites for hydroxylation is 1. The standard InChI is InChI=1S/C25H31N3O5S/c1-5-18(3)26-24(30)19(4)27(16-20-11-7-6-10-17(20)2)23(29)14-15-28-25(31)21-12-8-9-13-22(21)34(28,32)33/h6-13,18-19H,5,14-16H2,1-4H3,(H,26,30)/t18-,19-/m1/s1. The minimum atomic E-state index is -4.00. The van der Waals surface area contributed by atoms with Crippen LogP contribution in [0.4, 0.5) is 0 Å². The van der Waals surface area contributed by atoms with Crippen molar-refractivity contribution in [2.75, 3.05) is 6.54 Å². The Kier molecular flexibility index (Phi) is 7.76. The lowest BCUT2D eigenvalue weighted by atomic mass is 10.1. The van der Waals surface area contributed by atoms with Crippen molar-refractivity contribution in [2.45, 2.75) is 64.1 Å². The van der Waals surface area contributed by atoms with Gasteiger partial charge in [0.05, 0.1) is 5.56 Å². The summed E-state index contributed by atoms with van der Waals surface area (Å²) in [4.78, 5) is 40.2. The van der Waals surface area contributed by atoms with E-state index in [1.165, 1.54) is 17.0 Å². The predicted octanol–water partition coefficient (Wildman–Crippen LogP) is 2.86. The average molecular weight is 486 g/mol. The molecule has 9 heteroatoms. The molecule has 0 fully saturated rings. The Bertz CT molecular complexity index is 1190. The molecule has 1 heterocycles. The normalized spacial score (nSPS) is 16.0. The second-order valence-corrected chi connectivity index (χ2v) is 10.4. The van der Waals surface area contributed by atoms with Gasteiger partial charge in [-0.25, -0.2) is 12.7 Å². The number of carbonyl (C=O) groups excluding carboxylic acids is 3. The van der Waals surface area contributed by atoms with Gasteiger partial charge in [-0.1, -0.05) is 43.3 Å². The first-order valence-electron chi connectivity index (χ1n) is 11.4. The van der Waals surface area contributed by atoms with Gasteiger partial charge in [0, 0.05) is 25.6 Å². The van der Waals surface area contributed by atoms with Crippen LogP contribution in [-0.4, -0.2) is 54.0 Å². The number of benzene rings is 2. The highest BCUT2D eigenvalue weighted by molar-refractivity contribution is 7.90. The summed E-state index contributed by atoms with van der Waals surface area (Å²) in [7, 11) is -4.00. The van der Waals surface area contributed by atoms with Crippen molar-refractivity contribution in [1.82, 2.24) is 14.5 Å². The summed E-state index contributed by atoms with van der Waals surface area (Å²) < 4.78 is 26.4. The SMILES string of the molecule is CC[C@@H](C)NC(=O)[C@@H](C)N(Cc1ccccc1C)C(=O)CCN1C(=O)c2ccccc2S1(=O)=O. The minimum absolute atomic E-state index is 0.0452. The van der Waals surface area contributed by atoms with Gasteiger partial charge in [0.15, 0.2) is 0 Å². The second kappa shape index (κ2) is 10.4. The summed E-state index contributed by atoms with van der Waals surface area (Å²) in [5.74, 6) is -1.33. The Balaban J connectivity index is 1.80. The first-order valence-corrected chi connectivity index (χ1v) is 12.8. The summed E-state index contributed by atoms with van der Waals surface area (Å²) in [6.45, 7) is 7.33. The van der Waals surface area contributed by atoms with Crippen molar-refractivity contribution in [3.63, 3.8) is 0 Å². The van der Waals surface area contributed by atoms with Crippen LogP contribution < -0.4 is 5.32 Å². The average Bonchev–Trinajstić information content (AvgIpc) is 3.01. The summed E-state index contributed by atoms with van der Waals surface area (Å²) in [6, 6.07) is 12.8. The molecule has 0 unspecified atom stereocenters. The number of hydrogen-bond donors (Lipinski definition) is 1. The summed E-state index contributed by atoms with van der Waals surface area (Å²) in [6.07, 6.45) is 0.519. The minimum Gasteiger partial charge on any atom is -0.352 e. The Morgan fingerprint density at radius 3 is 2.35 bits per heavy atom. The molecule has 8 nitrogen and oxygen atoms in total. The maximum Gasteiger partial charge on any atom is 0.269 e. The Morgan fingerprint density at radius 1 is 1.06 bits per heavy atom. The van der Waals surface area contributed by atoms with Crippen LogP contribution >= 0.6 is 0 Å². The number of nitrogens with one attached hydrogen (secondary N) is 1. The van der Waals surface area contributed by atoms with E-state index in [1.807, 2.05) is 45.0 Å². The first-order chi connectivity index (χ1) is 16.1. The maximum atomic E-state index is 13.3. The van der Waals surface area contributed by atoms with Crippen LogP contribution in [0, 0.1) is 6.92 Å². The van der Waals surface area contributed by atoms with Crippen molar-refractivity contribution in [3.8, 4) is 0 Å². The maximum absolute atomic E-state index is 13.3. The molecule has 0 radical (unpaired) electrons. The molecule has 1 N–H and O–H groups in total. The number of rotatable bonds is 9. The molecule has 0 aromatic heterocycles. The van der Waals surface area contributed by atoms with Gasteiger partial charge in [0.1, 0.15) is 10.9 Å². The fraction of sp³-hybridized carbons (Fsp3) is 0.400. The van der Waals surface area contributed by atoms with Crippen molar-refractivity contribution < 1.29 is 22.8 Å². The third kappa shape index (κ3) is 5.14. The van der Waals surface area contributed by atoms with Gasteiger partial charge in [0.25, 0.3) is 15.9 Å². The zero-order chi connectivity index (χ0) is 25.0. The topological polar surface area (TPSA) is 104 Å². The summed E-state index contributed by atoms with van der Waals surface area (Å²) >= 11 is 0. The lowest BCUT2D eigenvalue weighted by Gasteiger charge is -2.30. The third-order valence-corrected chi connectivity index (χ3v) is 8.05. The molecule has 34 heavy (non-hydrogen) atoms. The molecule has 3 amide bonds. The number of carbonyl (C=O) groups is 3. The van der Waals surface area contributed by atoms with Gasteiger partial charge in [0.2, 0.25) is 11.8 Å². The Labute approximate surface area is 201 Å². The van der Waals surface area contributed by atoms with Crippen LogP contribution in [-0.2, 0) is 26.2 Å².